The number of rotatable bonds is 22. The van der Waals surface area contributed by atoms with E-state index in [1.807, 2.05) is 0 Å². The molecule has 0 aliphatic carbocycles. The van der Waals surface area contributed by atoms with Crippen LogP contribution in [0.5, 0.6) is 0 Å². The Morgan fingerprint density at radius 3 is 1.12 bits per heavy atom. The first-order chi connectivity index (χ1) is 16.7. The average molecular weight is 475 g/mol. The Bertz CT molecular complexity index is 640. The second kappa shape index (κ2) is 21.7. The molecular weight excluding hydrogens is 424 g/mol. The summed E-state index contributed by atoms with van der Waals surface area (Å²) in [6, 6.07) is 6.80. The average Bonchev–Trinajstić information content (AvgIpc) is 2.86. The van der Waals surface area contributed by atoms with Crippen molar-refractivity contribution < 1.29 is 19.1 Å². The summed E-state index contributed by atoms with van der Waals surface area (Å²) in [5, 5.41) is 0. The first-order valence-electron chi connectivity index (χ1n) is 14.1. The Hall–Kier alpha value is -1.84. The zero-order chi connectivity index (χ0) is 24.7. The topological polar surface area (TPSA) is 52.6 Å². The summed E-state index contributed by atoms with van der Waals surface area (Å²) in [5.74, 6) is -0.871. The standard InChI is InChI=1S/C30H50O4/c1-3-5-7-9-11-12-13-14-16-18-22-26-34-30(32)28-24-20-19-23-27(28)29(31)33-25-21-17-15-10-8-6-4-2/h19-20,23-24H,3-18,21-22,25-26H2,1-2H3. The van der Waals surface area contributed by atoms with Crippen LogP contribution in [0.25, 0.3) is 0 Å². The lowest BCUT2D eigenvalue weighted by molar-refractivity contribution is 0.0450. The molecule has 0 unspecified atom stereocenters. The van der Waals surface area contributed by atoms with Gasteiger partial charge in [-0.3, -0.25) is 0 Å². The van der Waals surface area contributed by atoms with E-state index in [1.54, 1.807) is 24.3 Å². The maximum Gasteiger partial charge on any atom is 0.339 e. The molecule has 0 atom stereocenters. The van der Waals surface area contributed by atoms with Crippen LogP contribution in [0.2, 0.25) is 0 Å². The van der Waals surface area contributed by atoms with Crippen molar-refractivity contribution in [3.8, 4) is 0 Å². The molecular formula is C30H50O4. The predicted octanol–water partition coefficient (Wildman–Crippen LogP) is 9.06. The molecule has 1 rings (SSSR count). The van der Waals surface area contributed by atoms with E-state index in [0.29, 0.717) is 24.3 Å². The van der Waals surface area contributed by atoms with Gasteiger partial charge in [-0.25, -0.2) is 9.59 Å². The van der Waals surface area contributed by atoms with Crippen molar-refractivity contribution in [1.82, 2.24) is 0 Å². The highest BCUT2D eigenvalue weighted by Crippen LogP contribution is 2.15. The molecule has 0 aliphatic rings. The van der Waals surface area contributed by atoms with Gasteiger partial charge in [0.05, 0.1) is 24.3 Å². The van der Waals surface area contributed by atoms with Crippen LogP contribution in [0.3, 0.4) is 0 Å². The first kappa shape index (κ1) is 30.2. The Morgan fingerprint density at radius 1 is 0.500 bits per heavy atom. The zero-order valence-corrected chi connectivity index (χ0v) is 22.1. The lowest BCUT2D eigenvalue weighted by atomic mass is 10.1. The number of benzene rings is 1. The number of carbonyl (C=O) groups excluding carboxylic acids is 2. The summed E-state index contributed by atoms with van der Waals surface area (Å²) in [6.07, 6.45) is 22.0. The summed E-state index contributed by atoms with van der Waals surface area (Å²) in [7, 11) is 0. The van der Waals surface area contributed by atoms with E-state index in [-0.39, 0.29) is 0 Å². The van der Waals surface area contributed by atoms with Crippen LogP contribution in [0.4, 0.5) is 0 Å². The van der Waals surface area contributed by atoms with Crippen molar-refractivity contribution in [1.29, 1.82) is 0 Å². The minimum absolute atomic E-state index is 0.300. The van der Waals surface area contributed by atoms with Crippen molar-refractivity contribution in [3.05, 3.63) is 35.4 Å². The number of unbranched alkanes of at least 4 members (excludes halogenated alkanes) is 16. The van der Waals surface area contributed by atoms with E-state index < -0.39 is 11.9 Å². The van der Waals surface area contributed by atoms with Gasteiger partial charge >= 0.3 is 11.9 Å². The van der Waals surface area contributed by atoms with Gasteiger partial charge in [0.2, 0.25) is 0 Å². The molecule has 0 N–H and O–H groups in total. The smallest absolute Gasteiger partial charge is 0.339 e. The van der Waals surface area contributed by atoms with Gasteiger partial charge in [-0.2, -0.15) is 0 Å². The first-order valence-corrected chi connectivity index (χ1v) is 14.1. The van der Waals surface area contributed by atoms with Crippen LogP contribution < -0.4 is 0 Å². The molecule has 0 spiro atoms. The van der Waals surface area contributed by atoms with Crippen LogP contribution >= 0.6 is 0 Å². The second-order valence-electron chi connectivity index (χ2n) is 9.47. The molecule has 0 aliphatic heterocycles. The highest BCUT2D eigenvalue weighted by atomic mass is 16.5. The maximum atomic E-state index is 12.5. The largest absolute Gasteiger partial charge is 0.462 e. The van der Waals surface area contributed by atoms with Gasteiger partial charge < -0.3 is 9.47 Å². The normalized spacial score (nSPS) is 10.9. The molecule has 0 saturated heterocycles. The van der Waals surface area contributed by atoms with Gasteiger partial charge in [-0.15, -0.1) is 0 Å². The summed E-state index contributed by atoms with van der Waals surface area (Å²) >= 11 is 0. The Labute approximate surface area is 209 Å². The fraction of sp³-hybridized carbons (Fsp3) is 0.733. The van der Waals surface area contributed by atoms with Crippen molar-refractivity contribution in [2.75, 3.05) is 13.2 Å². The Balaban J connectivity index is 2.17. The third kappa shape index (κ3) is 15.1. The van der Waals surface area contributed by atoms with Gasteiger partial charge in [0, 0.05) is 0 Å². The number of esters is 2. The molecule has 0 bridgehead atoms. The van der Waals surface area contributed by atoms with Gasteiger partial charge in [0.1, 0.15) is 0 Å². The van der Waals surface area contributed by atoms with Crippen LogP contribution in [0.1, 0.15) is 150 Å². The van der Waals surface area contributed by atoms with Crippen molar-refractivity contribution in [3.63, 3.8) is 0 Å². The minimum Gasteiger partial charge on any atom is -0.462 e. The molecule has 34 heavy (non-hydrogen) atoms. The van der Waals surface area contributed by atoms with E-state index in [0.717, 1.165) is 25.7 Å². The summed E-state index contributed by atoms with van der Waals surface area (Å²) in [5.41, 5.74) is 0.601. The fourth-order valence-electron chi connectivity index (χ4n) is 4.15. The van der Waals surface area contributed by atoms with E-state index in [4.69, 9.17) is 9.47 Å². The van der Waals surface area contributed by atoms with Gasteiger partial charge in [-0.1, -0.05) is 129 Å². The molecule has 0 fully saturated rings. The highest BCUT2D eigenvalue weighted by Gasteiger charge is 2.18. The van der Waals surface area contributed by atoms with Gasteiger partial charge in [0.25, 0.3) is 0 Å². The molecule has 0 heterocycles. The van der Waals surface area contributed by atoms with Crippen molar-refractivity contribution in [2.45, 2.75) is 129 Å². The SMILES string of the molecule is CCCCCCCCCCCCCOC(=O)c1ccccc1C(=O)OCCCCCCCCC. The molecule has 0 radical (unpaired) electrons. The third-order valence-corrected chi connectivity index (χ3v) is 6.33. The molecule has 0 saturated carbocycles. The van der Waals surface area contributed by atoms with Crippen LogP contribution in [0.15, 0.2) is 24.3 Å². The monoisotopic (exact) mass is 474 g/mol. The maximum absolute atomic E-state index is 12.5. The third-order valence-electron chi connectivity index (χ3n) is 6.33. The zero-order valence-electron chi connectivity index (χ0n) is 22.1. The van der Waals surface area contributed by atoms with Crippen LogP contribution in [-0.2, 0) is 9.47 Å². The van der Waals surface area contributed by atoms with E-state index in [9.17, 15) is 9.59 Å². The van der Waals surface area contributed by atoms with Gasteiger partial charge in [-0.05, 0) is 25.0 Å². The van der Waals surface area contributed by atoms with E-state index in [1.165, 1.54) is 89.9 Å². The number of hydrogen-bond donors (Lipinski definition) is 0. The van der Waals surface area contributed by atoms with Crippen LogP contribution in [0, 0.1) is 0 Å². The molecule has 1 aromatic rings. The van der Waals surface area contributed by atoms with Crippen molar-refractivity contribution in [2.24, 2.45) is 0 Å². The minimum atomic E-state index is -0.437. The lowest BCUT2D eigenvalue weighted by Crippen LogP contribution is -2.15. The van der Waals surface area contributed by atoms with E-state index >= 15 is 0 Å². The molecule has 0 aromatic heterocycles. The van der Waals surface area contributed by atoms with Gasteiger partial charge in [0.15, 0.2) is 0 Å². The van der Waals surface area contributed by atoms with Crippen LogP contribution in [-0.4, -0.2) is 25.2 Å². The Kier molecular flexibility index (Phi) is 19.2. The predicted molar refractivity (Wildman–Crippen MR) is 141 cm³/mol. The van der Waals surface area contributed by atoms with Crippen molar-refractivity contribution >= 4 is 11.9 Å². The summed E-state index contributed by atoms with van der Waals surface area (Å²) < 4.78 is 10.9. The summed E-state index contributed by atoms with van der Waals surface area (Å²) in [4.78, 5) is 25.0. The lowest BCUT2D eigenvalue weighted by Gasteiger charge is -2.10. The molecule has 4 heteroatoms. The van der Waals surface area contributed by atoms with E-state index in [2.05, 4.69) is 13.8 Å². The Morgan fingerprint density at radius 2 is 0.794 bits per heavy atom. The number of carbonyl (C=O) groups is 2. The number of hydrogen-bond acceptors (Lipinski definition) is 4. The number of ether oxygens (including phenoxy) is 2. The molecule has 194 valence electrons. The molecule has 0 amide bonds. The molecule has 1 aromatic carbocycles. The highest BCUT2D eigenvalue weighted by molar-refractivity contribution is 6.03. The molecule has 4 nitrogen and oxygen atoms in total. The summed E-state index contributed by atoms with van der Waals surface area (Å²) in [6.45, 7) is 5.26. The fourth-order valence-corrected chi connectivity index (χ4v) is 4.15. The second-order valence-corrected chi connectivity index (χ2v) is 9.47. The quantitative estimate of drug-likeness (QED) is 0.124.